The fourth-order valence-electron chi connectivity index (χ4n) is 1.24. The summed E-state index contributed by atoms with van der Waals surface area (Å²) in [5, 5.41) is 13.1. The summed E-state index contributed by atoms with van der Waals surface area (Å²) in [5.41, 5.74) is 0. The first-order valence-corrected chi connectivity index (χ1v) is 4.42. The molecule has 12 heavy (non-hydrogen) atoms. The summed E-state index contributed by atoms with van der Waals surface area (Å²) in [4.78, 5) is 0. The fourth-order valence-corrected chi connectivity index (χ4v) is 1.70. The molecule has 0 fully saturated rings. The van der Waals surface area contributed by atoms with Gasteiger partial charge in [-0.1, -0.05) is 40.2 Å². The van der Waals surface area contributed by atoms with Crippen molar-refractivity contribution >= 4 is 26.7 Å². The monoisotopic (exact) mass is 221 g/mol. The fraction of sp³-hybridized carbons (Fsp3) is 0. The molecule has 0 aliphatic heterocycles. The van der Waals surface area contributed by atoms with Gasteiger partial charge in [-0.25, -0.2) is 0 Å². The minimum Gasteiger partial charge on any atom is -0.289 e. The summed E-state index contributed by atoms with van der Waals surface area (Å²) in [7, 11) is 0. The van der Waals surface area contributed by atoms with Crippen molar-refractivity contribution in [3.63, 3.8) is 0 Å². The van der Waals surface area contributed by atoms with Crippen molar-refractivity contribution in [3.8, 4) is 5.75 Å². The number of hydrogen-bond acceptors (Lipinski definition) is 0. The van der Waals surface area contributed by atoms with Gasteiger partial charge >= 0.3 is 0 Å². The quantitative estimate of drug-likeness (QED) is 0.646. The zero-order valence-electron chi connectivity index (χ0n) is 6.25. The Morgan fingerprint density at radius 2 is 1.83 bits per heavy atom. The second-order valence-electron chi connectivity index (χ2n) is 2.63. The summed E-state index contributed by atoms with van der Waals surface area (Å²) < 4.78 is 0.839. The first kappa shape index (κ1) is 7.62. The Bertz CT molecular complexity index is 423. The number of fused-ring (bicyclic) bond motifs is 1. The molecular weight excluding hydrogens is 216 g/mol. The molecule has 0 spiro atoms. The highest BCUT2D eigenvalue weighted by Gasteiger charge is 2.01. The molecule has 0 bridgehead atoms. The van der Waals surface area contributed by atoms with Gasteiger partial charge in [0.25, 0.3) is 0 Å². The lowest BCUT2D eigenvalue weighted by Crippen LogP contribution is -1.72. The van der Waals surface area contributed by atoms with E-state index in [9.17, 15) is 5.11 Å². The van der Waals surface area contributed by atoms with Gasteiger partial charge in [0.1, 0.15) is 0 Å². The molecule has 0 N–H and O–H groups in total. The van der Waals surface area contributed by atoms with Gasteiger partial charge in [0.15, 0.2) is 5.75 Å². The normalized spacial score (nSPS) is 10.4. The van der Waals surface area contributed by atoms with Crippen LogP contribution in [0.25, 0.3) is 10.8 Å². The third-order valence-electron chi connectivity index (χ3n) is 1.79. The lowest BCUT2D eigenvalue weighted by molar-refractivity contribution is 0.360. The second-order valence-corrected chi connectivity index (χ2v) is 3.54. The SMILES string of the molecule is [O]c1cc(Br)cc2ccccc12. The van der Waals surface area contributed by atoms with Gasteiger partial charge in [-0.05, 0) is 11.5 Å². The first-order valence-electron chi connectivity index (χ1n) is 3.63. The molecular formula is C10H6BrO. The molecule has 2 aromatic carbocycles. The Hall–Kier alpha value is -1.02. The van der Waals surface area contributed by atoms with Crippen LogP contribution in [0.5, 0.6) is 5.75 Å². The molecule has 0 heterocycles. The topological polar surface area (TPSA) is 19.9 Å². The molecule has 0 atom stereocenters. The third kappa shape index (κ3) is 1.18. The van der Waals surface area contributed by atoms with Crippen molar-refractivity contribution < 1.29 is 5.11 Å². The van der Waals surface area contributed by atoms with E-state index >= 15 is 0 Å². The van der Waals surface area contributed by atoms with Crippen molar-refractivity contribution in [3.05, 3.63) is 40.9 Å². The van der Waals surface area contributed by atoms with E-state index in [1.54, 1.807) is 6.07 Å². The van der Waals surface area contributed by atoms with Crippen molar-refractivity contribution in [2.75, 3.05) is 0 Å². The highest BCUT2D eigenvalue weighted by molar-refractivity contribution is 9.10. The van der Waals surface area contributed by atoms with E-state index in [1.807, 2.05) is 30.3 Å². The molecule has 0 aliphatic rings. The lowest BCUT2D eigenvalue weighted by Gasteiger charge is -1.98. The molecule has 0 amide bonds. The Morgan fingerprint density at radius 1 is 1.08 bits per heavy atom. The summed E-state index contributed by atoms with van der Waals surface area (Å²) >= 11 is 3.28. The Labute approximate surface area is 78.8 Å². The number of benzene rings is 2. The Morgan fingerprint density at radius 3 is 2.67 bits per heavy atom. The average Bonchev–Trinajstić information content (AvgIpc) is 2.04. The molecule has 2 rings (SSSR count). The maximum absolute atomic E-state index is 11.4. The molecule has 1 nitrogen and oxygen atoms in total. The van der Waals surface area contributed by atoms with E-state index in [0.29, 0.717) is 0 Å². The molecule has 0 saturated carbocycles. The van der Waals surface area contributed by atoms with Crippen LogP contribution in [0.2, 0.25) is 0 Å². The van der Waals surface area contributed by atoms with E-state index in [1.165, 1.54) is 0 Å². The standard InChI is InChI=1S/C10H6BrO/c11-8-5-7-3-1-2-4-9(7)10(12)6-8/h1-6H. The van der Waals surface area contributed by atoms with E-state index in [0.717, 1.165) is 15.2 Å². The molecule has 0 aromatic heterocycles. The largest absolute Gasteiger partial charge is 0.289 e. The Balaban J connectivity index is 2.89. The Kier molecular flexibility index (Phi) is 1.77. The van der Waals surface area contributed by atoms with Crippen molar-refractivity contribution in [1.29, 1.82) is 0 Å². The van der Waals surface area contributed by atoms with Gasteiger partial charge in [0, 0.05) is 15.9 Å². The highest BCUT2D eigenvalue weighted by Crippen LogP contribution is 2.28. The number of hydrogen-bond donors (Lipinski definition) is 0. The first-order chi connectivity index (χ1) is 5.77. The average molecular weight is 222 g/mol. The highest BCUT2D eigenvalue weighted by atomic mass is 79.9. The zero-order chi connectivity index (χ0) is 8.55. The van der Waals surface area contributed by atoms with Crippen LogP contribution in [-0.4, -0.2) is 0 Å². The van der Waals surface area contributed by atoms with Crippen LogP contribution < -0.4 is 0 Å². The maximum Gasteiger partial charge on any atom is 0.187 e. The van der Waals surface area contributed by atoms with Crippen LogP contribution in [0.15, 0.2) is 40.9 Å². The van der Waals surface area contributed by atoms with Crippen molar-refractivity contribution in [2.24, 2.45) is 0 Å². The van der Waals surface area contributed by atoms with Gasteiger partial charge in [-0.2, -0.15) is 0 Å². The van der Waals surface area contributed by atoms with Crippen LogP contribution in [0.4, 0.5) is 0 Å². The molecule has 0 unspecified atom stereocenters. The van der Waals surface area contributed by atoms with Crippen LogP contribution >= 0.6 is 15.9 Å². The van der Waals surface area contributed by atoms with Gasteiger partial charge < -0.3 is 0 Å². The molecule has 2 heteroatoms. The van der Waals surface area contributed by atoms with Crippen LogP contribution in [0.1, 0.15) is 0 Å². The van der Waals surface area contributed by atoms with E-state index < -0.39 is 0 Å². The predicted octanol–water partition coefficient (Wildman–Crippen LogP) is 3.75. The zero-order valence-corrected chi connectivity index (χ0v) is 7.84. The molecule has 0 aliphatic carbocycles. The summed E-state index contributed by atoms with van der Waals surface area (Å²) in [6, 6.07) is 11.1. The van der Waals surface area contributed by atoms with Crippen LogP contribution in [0, 0.1) is 0 Å². The second kappa shape index (κ2) is 2.79. The molecule has 0 saturated heterocycles. The van der Waals surface area contributed by atoms with Gasteiger partial charge in [0.2, 0.25) is 0 Å². The minimum atomic E-state index is 0.0694. The maximum atomic E-state index is 11.4. The van der Waals surface area contributed by atoms with Crippen LogP contribution in [-0.2, 0) is 5.11 Å². The molecule has 59 valence electrons. The van der Waals surface area contributed by atoms with E-state index in [2.05, 4.69) is 15.9 Å². The van der Waals surface area contributed by atoms with Crippen LogP contribution in [0.3, 0.4) is 0 Å². The van der Waals surface area contributed by atoms with Gasteiger partial charge in [-0.3, -0.25) is 5.11 Å². The summed E-state index contributed by atoms with van der Waals surface area (Å²) in [6.45, 7) is 0. The van der Waals surface area contributed by atoms with E-state index in [4.69, 9.17) is 0 Å². The van der Waals surface area contributed by atoms with Crippen molar-refractivity contribution in [1.82, 2.24) is 0 Å². The molecule has 1 radical (unpaired) electrons. The molecule has 2 aromatic rings. The van der Waals surface area contributed by atoms with Gasteiger partial charge in [0.05, 0.1) is 0 Å². The number of rotatable bonds is 0. The third-order valence-corrected chi connectivity index (χ3v) is 2.25. The predicted molar refractivity (Wildman–Crippen MR) is 51.8 cm³/mol. The van der Waals surface area contributed by atoms with Gasteiger partial charge in [-0.15, -0.1) is 0 Å². The summed E-state index contributed by atoms with van der Waals surface area (Å²) in [5.74, 6) is 0.0694. The minimum absolute atomic E-state index is 0.0694. The smallest absolute Gasteiger partial charge is 0.187 e. The van der Waals surface area contributed by atoms with Crippen molar-refractivity contribution in [2.45, 2.75) is 0 Å². The number of halogens is 1. The van der Waals surface area contributed by atoms with E-state index in [-0.39, 0.29) is 5.75 Å². The lowest BCUT2D eigenvalue weighted by atomic mass is 10.1. The summed E-state index contributed by atoms with van der Waals surface area (Å²) in [6.07, 6.45) is 0.